The van der Waals surface area contributed by atoms with Crippen LogP contribution >= 0.6 is 0 Å². The van der Waals surface area contributed by atoms with Crippen molar-refractivity contribution in [3.8, 4) is 23.0 Å². The number of rotatable bonds is 7. The molecular weight excluding hydrogens is 340 g/mol. The third-order valence-corrected chi connectivity index (χ3v) is 4.22. The molecule has 3 aromatic carbocycles. The maximum Gasteiger partial charge on any atom is 0.271 e. The minimum absolute atomic E-state index is 0.638. The minimum atomic E-state index is -0.670. The summed E-state index contributed by atoms with van der Waals surface area (Å²) in [7, 11) is 3.24. The van der Waals surface area contributed by atoms with Gasteiger partial charge in [0.1, 0.15) is 23.0 Å². The van der Waals surface area contributed by atoms with Crippen molar-refractivity contribution in [2.24, 2.45) is 0 Å². The second-order valence-electron chi connectivity index (χ2n) is 6.30. The van der Waals surface area contributed by atoms with Crippen molar-refractivity contribution in [2.45, 2.75) is 20.1 Å². The van der Waals surface area contributed by atoms with Crippen LogP contribution in [-0.4, -0.2) is 14.2 Å². The topological polar surface area (TPSA) is 36.9 Å². The molecular formula is C23H24O4. The van der Waals surface area contributed by atoms with Crippen molar-refractivity contribution in [3.05, 3.63) is 83.4 Å². The summed E-state index contributed by atoms with van der Waals surface area (Å²) in [5.41, 5.74) is 3.11. The lowest BCUT2D eigenvalue weighted by Crippen LogP contribution is -2.16. The molecule has 140 valence electrons. The van der Waals surface area contributed by atoms with Crippen LogP contribution in [0, 0.1) is 13.8 Å². The smallest absolute Gasteiger partial charge is 0.271 e. The zero-order valence-electron chi connectivity index (χ0n) is 16.1. The van der Waals surface area contributed by atoms with Gasteiger partial charge in [0.15, 0.2) is 0 Å². The number of benzene rings is 3. The quantitative estimate of drug-likeness (QED) is 0.520. The normalized spacial score (nSPS) is 10.6. The molecule has 0 N–H and O–H groups in total. The minimum Gasteiger partial charge on any atom is -0.497 e. The summed E-state index contributed by atoms with van der Waals surface area (Å²) in [5.74, 6) is 2.78. The third kappa shape index (κ3) is 4.73. The Kier molecular flexibility index (Phi) is 5.87. The highest BCUT2D eigenvalue weighted by Crippen LogP contribution is 2.34. The van der Waals surface area contributed by atoms with E-state index in [0.717, 1.165) is 17.1 Å². The number of aryl methyl sites for hydroxylation is 2. The average Bonchev–Trinajstić information content (AvgIpc) is 2.70. The molecule has 0 aliphatic heterocycles. The van der Waals surface area contributed by atoms with Gasteiger partial charge in [-0.2, -0.15) is 0 Å². The summed E-state index contributed by atoms with van der Waals surface area (Å²) in [6.45, 7) is 4.08. The maximum absolute atomic E-state index is 6.16. The van der Waals surface area contributed by atoms with Crippen molar-refractivity contribution in [3.63, 3.8) is 0 Å². The van der Waals surface area contributed by atoms with Crippen LogP contribution in [0.4, 0.5) is 0 Å². The molecule has 3 aromatic rings. The van der Waals surface area contributed by atoms with Gasteiger partial charge in [0.25, 0.3) is 6.29 Å². The van der Waals surface area contributed by atoms with Crippen LogP contribution in [0.25, 0.3) is 0 Å². The highest BCUT2D eigenvalue weighted by molar-refractivity contribution is 5.42. The molecule has 0 atom stereocenters. The fourth-order valence-electron chi connectivity index (χ4n) is 2.65. The molecule has 27 heavy (non-hydrogen) atoms. The van der Waals surface area contributed by atoms with Crippen molar-refractivity contribution >= 4 is 0 Å². The van der Waals surface area contributed by atoms with Crippen LogP contribution < -0.4 is 18.9 Å². The van der Waals surface area contributed by atoms with Crippen LogP contribution in [-0.2, 0) is 0 Å². The first kappa shape index (κ1) is 18.6. The Labute approximate surface area is 160 Å². The van der Waals surface area contributed by atoms with Crippen LogP contribution in [0.2, 0.25) is 0 Å². The monoisotopic (exact) mass is 364 g/mol. The van der Waals surface area contributed by atoms with Gasteiger partial charge >= 0.3 is 0 Å². The average molecular weight is 364 g/mol. The molecule has 0 bridgehead atoms. The predicted octanol–water partition coefficient (Wildman–Crippen LogP) is 5.48. The Morgan fingerprint density at radius 3 is 1.52 bits per heavy atom. The molecule has 0 radical (unpaired) electrons. The largest absolute Gasteiger partial charge is 0.497 e. The van der Waals surface area contributed by atoms with Gasteiger partial charge in [-0.25, -0.2) is 0 Å². The standard InChI is InChI=1S/C23H24O4/c1-16-5-9-18(10-6-16)26-23(27-19-11-7-17(2)8-12-19)21-14-13-20(24-3)15-22(21)25-4/h5-15,23H,1-4H3. The van der Waals surface area contributed by atoms with Crippen LogP contribution in [0.3, 0.4) is 0 Å². The Morgan fingerprint density at radius 2 is 1.07 bits per heavy atom. The lowest BCUT2D eigenvalue weighted by atomic mass is 10.1. The van der Waals surface area contributed by atoms with Gasteiger partial charge < -0.3 is 18.9 Å². The van der Waals surface area contributed by atoms with Gasteiger partial charge in [-0.1, -0.05) is 35.4 Å². The Morgan fingerprint density at radius 1 is 0.593 bits per heavy atom. The van der Waals surface area contributed by atoms with E-state index in [0.29, 0.717) is 11.5 Å². The second kappa shape index (κ2) is 8.49. The van der Waals surface area contributed by atoms with E-state index in [-0.39, 0.29) is 0 Å². The fourth-order valence-corrected chi connectivity index (χ4v) is 2.65. The number of hydrogen-bond acceptors (Lipinski definition) is 4. The van der Waals surface area contributed by atoms with E-state index in [4.69, 9.17) is 18.9 Å². The van der Waals surface area contributed by atoms with Gasteiger partial charge in [0.2, 0.25) is 0 Å². The molecule has 0 aliphatic carbocycles. The molecule has 0 unspecified atom stereocenters. The van der Waals surface area contributed by atoms with E-state index in [1.165, 1.54) is 11.1 Å². The number of ether oxygens (including phenoxy) is 4. The van der Waals surface area contributed by atoms with E-state index < -0.39 is 6.29 Å². The van der Waals surface area contributed by atoms with E-state index >= 15 is 0 Å². The molecule has 0 fully saturated rings. The predicted molar refractivity (Wildman–Crippen MR) is 106 cm³/mol. The molecule has 4 nitrogen and oxygen atoms in total. The second-order valence-corrected chi connectivity index (χ2v) is 6.30. The van der Waals surface area contributed by atoms with Gasteiger partial charge in [0, 0.05) is 6.07 Å². The molecule has 0 saturated heterocycles. The Balaban J connectivity index is 1.95. The van der Waals surface area contributed by atoms with Gasteiger partial charge in [0.05, 0.1) is 19.8 Å². The molecule has 4 heteroatoms. The van der Waals surface area contributed by atoms with Crippen molar-refractivity contribution in [1.82, 2.24) is 0 Å². The first-order valence-corrected chi connectivity index (χ1v) is 8.77. The van der Waals surface area contributed by atoms with Crippen molar-refractivity contribution < 1.29 is 18.9 Å². The molecule has 3 rings (SSSR count). The van der Waals surface area contributed by atoms with Gasteiger partial charge in [-0.15, -0.1) is 0 Å². The zero-order valence-corrected chi connectivity index (χ0v) is 16.1. The summed E-state index contributed by atoms with van der Waals surface area (Å²) < 4.78 is 23.2. The van der Waals surface area contributed by atoms with Gasteiger partial charge in [-0.3, -0.25) is 0 Å². The highest BCUT2D eigenvalue weighted by Gasteiger charge is 2.21. The summed E-state index contributed by atoms with van der Waals surface area (Å²) in [6, 6.07) is 21.3. The van der Waals surface area contributed by atoms with Crippen LogP contribution in [0.5, 0.6) is 23.0 Å². The first-order valence-electron chi connectivity index (χ1n) is 8.77. The lowest BCUT2D eigenvalue weighted by molar-refractivity contribution is 0.00204. The van der Waals surface area contributed by atoms with E-state index in [2.05, 4.69) is 0 Å². The first-order chi connectivity index (χ1) is 13.1. The molecule has 0 heterocycles. The molecule has 0 aromatic heterocycles. The Bertz CT molecular complexity index is 822. The summed E-state index contributed by atoms with van der Waals surface area (Å²) in [4.78, 5) is 0. The zero-order chi connectivity index (χ0) is 19.2. The van der Waals surface area contributed by atoms with E-state index in [9.17, 15) is 0 Å². The molecule has 0 aliphatic rings. The van der Waals surface area contributed by atoms with E-state index in [1.54, 1.807) is 14.2 Å². The number of hydrogen-bond donors (Lipinski definition) is 0. The fraction of sp³-hybridized carbons (Fsp3) is 0.217. The molecule has 0 spiro atoms. The van der Waals surface area contributed by atoms with Crippen LogP contribution in [0.15, 0.2) is 66.7 Å². The van der Waals surface area contributed by atoms with Crippen LogP contribution in [0.1, 0.15) is 23.0 Å². The van der Waals surface area contributed by atoms with Gasteiger partial charge in [-0.05, 0) is 50.2 Å². The maximum atomic E-state index is 6.16. The molecule has 0 saturated carbocycles. The van der Waals surface area contributed by atoms with E-state index in [1.807, 2.05) is 80.6 Å². The lowest BCUT2D eigenvalue weighted by Gasteiger charge is -2.23. The third-order valence-electron chi connectivity index (χ3n) is 4.22. The highest BCUT2D eigenvalue weighted by atomic mass is 16.7. The summed E-state index contributed by atoms with van der Waals surface area (Å²) in [5, 5.41) is 0. The van der Waals surface area contributed by atoms with Crippen molar-refractivity contribution in [1.29, 1.82) is 0 Å². The summed E-state index contributed by atoms with van der Waals surface area (Å²) in [6.07, 6.45) is -0.670. The summed E-state index contributed by atoms with van der Waals surface area (Å²) >= 11 is 0. The Hall–Kier alpha value is -3.14. The number of methoxy groups -OCH3 is 2. The molecule has 0 amide bonds. The SMILES string of the molecule is COc1ccc(C(Oc2ccc(C)cc2)Oc2ccc(C)cc2)c(OC)c1. The van der Waals surface area contributed by atoms with Crippen molar-refractivity contribution in [2.75, 3.05) is 14.2 Å².